The van der Waals surface area contributed by atoms with Gasteiger partial charge in [-0.1, -0.05) is 42.1 Å². The molecule has 1 amide bonds. The number of ether oxygens (including phenoxy) is 1. The Morgan fingerprint density at radius 2 is 1.66 bits per heavy atom. The molecule has 0 aliphatic carbocycles. The second kappa shape index (κ2) is 8.80. The molecule has 0 radical (unpaired) electrons. The number of aromatic nitrogens is 2. The Labute approximate surface area is 174 Å². The average Bonchev–Trinajstić information content (AvgIpc) is 2.71. The Kier molecular flexibility index (Phi) is 5.97. The van der Waals surface area contributed by atoms with Crippen LogP contribution in [0.25, 0.3) is 11.0 Å². The van der Waals surface area contributed by atoms with E-state index in [4.69, 9.17) is 14.7 Å². The third-order valence-electron chi connectivity index (χ3n) is 4.64. The van der Waals surface area contributed by atoms with E-state index in [1.54, 1.807) is 0 Å². The van der Waals surface area contributed by atoms with Crippen LogP contribution in [0.1, 0.15) is 13.8 Å². The number of thioether (sulfide) groups is 1. The predicted octanol–water partition coefficient (Wildman–Crippen LogP) is 3.97. The topological polar surface area (TPSA) is 67.4 Å². The molecule has 29 heavy (non-hydrogen) atoms. The zero-order chi connectivity index (χ0) is 20.2. The lowest BCUT2D eigenvalue weighted by Gasteiger charge is -2.36. The van der Waals surface area contributed by atoms with Crippen molar-refractivity contribution in [3.63, 3.8) is 0 Å². The Hall–Kier alpha value is -2.64. The van der Waals surface area contributed by atoms with Crippen LogP contribution in [-0.2, 0) is 9.53 Å². The molecule has 1 fully saturated rings. The number of hydrogen-bond donors (Lipinski definition) is 1. The monoisotopic (exact) mass is 408 g/mol. The first-order valence-electron chi connectivity index (χ1n) is 9.73. The lowest BCUT2D eigenvalue weighted by atomic mass is 10.2. The minimum atomic E-state index is -0.0641. The van der Waals surface area contributed by atoms with Crippen LogP contribution in [0.2, 0.25) is 0 Å². The van der Waals surface area contributed by atoms with E-state index in [2.05, 4.69) is 24.1 Å². The maximum Gasteiger partial charge on any atom is 0.234 e. The molecule has 0 bridgehead atoms. The van der Waals surface area contributed by atoms with Gasteiger partial charge < -0.3 is 15.0 Å². The number of amides is 1. The van der Waals surface area contributed by atoms with Gasteiger partial charge in [-0.2, -0.15) is 0 Å². The van der Waals surface area contributed by atoms with Crippen LogP contribution in [0.15, 0.2) is 59.6 Å². The van der Waals surface area contributed by atoms with Crippen molar-refractivity contribution in [2.45, 2.75) is 31.1 Å². The molecular weight excluding hydrogens is 384 g/mol. The van der Waals surface area contributed by atoms with Crippen molar-refractivity contribution < 1.29 is 9.53 Å². The molecule has 0 spiro atoms. The van der Waals surface area contributed by atoms with Gasteiger partial charge in [0.05, 0.1) is 29.0 Å². The molecule has 1 aliphatic rings. The molecule has 2 heterocycles. The minimum Gasteiger partial charge on any atom is -0.372 e. The molecular formula is C22H24N4O2S. The second-order valence-electron chi connectivity index (χ2n) is 7.21. The highest BCUT2D eigenvalue weighted by Crippen LogP contribution is 2.31. The first-order chi connectivity index (χ1) is 14.1. The quantitative estimate of drug-likeness (QED) is 0.644. The van der Waals surface area contributed by atoms with Crippen molar-refractivity contribution in [3.05, 3.63) is 54.6 Å². The van der Waals surface area contributed by atoms with E-state index < -0.39 is 0 Å². The number of rotatable bonds is 5. The lowest BCUT2D eigenvalue weighted by Crippen LogP contribution is -2.46. The summed E-state index contributed by atoms with van der Waals surface area (Å²) in [5, 5.41) is 3.69. The molecule has 1 saturated heterocycles. The lowest BCUT2D eigenvalue weighted by molar-refractivity contribution is -0.113. The standard InChI is InChI=1S/C22H24N4O2S/c1-15-12-26(13-16(2)28-15)21-22(25-19-11-7-6-10-18(19)24-21)29-14-20(27)23-17-8-4-3-5-9-17/h3-11,15-16H,12-14H2,1-2H3,(H,23,27)/t15-,16-/m0/s1. The maximum absolute atomic E-state index is 12.4. The maximum atomic E-state index is 12.4. The molecule has 1 aromatic heterocycles. The van der Waals surface area contributed by atoms with E-state index >= 15 is 0 Å². The first-order valence-corrected chi connectivity index (χ1v) is 10.7. The summed E-state index contributed by atoms with van der Waals surface area (Å²) in [6, 6.07) is 17.3. The zero-order valence-electron chi connectivity index (χ0n) is 16.5. The van der Waals surface area contributed by atoms with Gasteiger partial charge in [0.2, 0.25) is 5.91 Å². The summed E-state index contributed by atoms with van der Waals surface area (Å²) in [4.78, 5) is 24.3. The number of para-hydroxylation sites is 3. The summed E-state index contributed by atoms with van der Waals surface area (Å²) in [7, 11) is 0. The Bertz CT molecular complexity index is 989. The number of nitrogens with one attached hydrogen (secondary N) is 1. The van der Waals surface area contributed by atoms with Gasteiger partial charge in [-0.05, 0) is 38.1 Å². The van der Waals surface area contributed by atoms with Crippen LogP contribution in [-0.4, -0.2) is 46.9 Å². The summed E-state index contributed by atoms with van der Waals surface area (Å²) in [5.74, 6) is 1.03. The van der Waals surface area contributed by atoms with Crippen molar-refractivity contribution in [2.24, 2.45) is 0 Å². The van der Waals surface area contributed by atoms with Gasteiger partial charge in [-0.15, -0.1) is 0 Å². The van der Waals surface area contributed by atoms with E-state index in [0.29, 0.717) is 0 Å². The third kappa shape index (κ3) is 4.86. The van der Waals surface area contributed by atoms with Crippen molar-refractivity contribution in [1.82, 2.24) is 9.97 Å². The van der Waals surface area contributed by atoms with Crippen LogP contribution in [0.4, 0.5) is 11.5 Å². The molecule has 6 nitrogen and oxygen atoms in total. The number of carbonyl (C=O) groups is 1. The number of nitrogens with zero attached hydrogens (tertiary/aromatic N) is 3. The largest absolute Gasteiger partial charge is 0.372 e. The third-order valence-corrected chi connectivity index (χ3v) is 5.59. The smallest absolute Gasteiger partial charge is 0.234 e. The fraction of sp³-hybridized carbons (Fsp3) is 0.318. The Morgan fingerprint density at radius 3 is 2.34 bits per heavy atom. The predicted molar refractivity (Wildman–Crippen MR) is 118 cm³/mol. The highest BCUT2D eigenvalue weighted by molar-refractivity contribution is 8.00. The number of hydrogen-bond acceptors (Lipinski definition) is 6. The van der Waals surface area contributed by atoms with Gasteiger partial charge in [0.15, 0.2) is 5.82 Å². The molecule has 0 saturated carbocycles. The molecule has 2 aromatic carbocycles. The zero-order valence-corrected chi connectivity index (χ0v) is 17.4. The minimum absolute atomic E-state index is 0.0641. The molecule has 3 aromatic rings. The fourth-order valence-electron chi connectivity index (χ4n) is 3.48. The molecule has 150 valence electrons. The Balaban J connectivity index is 1.57. The molecule has 1 aliphatic heterocycles. The first kappa shape index (κ1) is 19.7. The molecule has 2 atom stereocenters. The number of carbonyl (C=O) groups excluding carboxylic acids is 1. The summed E-state index contributed by atoms with van der Waals surface area (Å²) >= 11 is 1.42. The summed E-state index contributed by atoms with van der Waals surface area (Å²) in [6.45, 7) is 5.64. The van der Waals surface area contributed by atoms with Crippen molar-refractivity contribution in [2.75, 3.05) is 29.1 Å². The molecule has 0 unspecified atom stereocenters. The highest BCUT2D eigenvalue weighted by atomic mass is 32.2. The van der Waals surface area contributed by atoms with Crippen LogP contribution in [0.3, 0.4) is 0 Å². The number of fused-ring (bicyclic) bond motifs is 1. The van der Waals surface area contributed by atoms with E-state index in [-0.39, 0.29) is 23.9 Å². The van der Waals surface area contributed by atoms with Gasteiger partial charge in [0.1, 0.15) is 5.03 Å². The van der Waals surface area contributed by atoms with Gasteiger partial charge >= 0.3 is 0 Å². The SMILES string of the molecule is C[C@H]1CN(c2nc3ccccc3nc2SCC(=O)Nc2ccccc2)C[C@H](C)O1. The van der Waals surface area contributed by atoms with Crippen LogP contribution in [0.5, 0.6) is 0 Å². The Morgan fingerprint density at radius 1 is 1.03 bits per heavy atom. The van der Waals surface area contributed by atoms with Crippen molar-refractivity contribution in [1.29, 1.82) is 0 Å². The van der Waals surface area contributed by atoms with Gasteiger partial charge in [0, 0.05) is 18.8 Å². The number of benzene rings is 2. The molecule has 7 heteroatoms. The van der Waals surface area contributed by atoms with Crippen molar-refractivity contribution in [3.8, 4) is 0 Å². The van der Waals surface area contributed by atoms with Crippen molar-refractivity contribution >= 4 is 40.2 Å². The van der Waals surface area contributed by atoms with Crippen LogP contribution >= 0.6 is 11.8 Å². The van der Waals surface area contributed by atoms with E-state index in [1.807, 2.05) is 54.6 Å². The summed E-state index contributed by atoms with van der Waals surface area (Å²) in [5.41, 5.74) is 2.47. The highest BCUT2D eigenvalue weighted by Gasteiger charge is 2.26. The van der Waals surface area contributed by atoms with Gasteiger partial charge in [-0.25, -0.2) is 9.97 Å². The summed E-state index contributed by atoms with van der Waals surface area (Å²) in [6.07, 6.45) is 0.234. The van der Waals surface area contributed by atoms with Crippen LogP contribution in [0, 0.1) is 0 Å². The second-order valence-corrected chi connectivity index (χ2v) is 8.17. The molecule has 1 N–H and O–H groups in total. The molecule has 4 rings (SSSR count). The van der Waals surface area contributed by atoms with E-state index in [9.17, 15) is 4.79 Å². The van der Waals surface area contributed by atoms with Gasteiger partial charge in [0.25, 0.3) is 0 Å². The number of morpholine rings is 1. The van der Waals surface area contributed by atoms with E-state index in [1.165, 1.54) is 11.8 Å². The average molecular weight is 409 g/mol. The normalized spacial score (nSPS) is 19.3. The fourth-order valence-corrected chi connectivity index (χ4v) is 4.29. The summed E-state index contributed by atoms with van der Waals surface area (Å²) < 4.78 is 5.87. The number of anilines is 2. The van der Waals surface area contributed by atoms with Gasteiger partial charge in [-0.3, -0.25) is 4.79 Å². The van der Waals surface area contributed by atoms with E-state index in [0.717, 1.165) is 40.7 Å². The van der Waals surface area contributed by atoms with Crippen LogP contribution < -0.4 is 10.2 Å².